The van der Waals surface area contributed by atoms with Crippen LogP contribution in [0.1, 0.15) is 28.4 Å². The van der Waals surface area contributed by atoms with E-state index in [1.165, 1.54) is 25.3 Å². The zero-order chi connectivity index (χ0) is 17.5. The third-order valence-electron chi connectivity index (χ3n) is 3.15. The van der Waals surface area contributed by atoms with Crippen molar-refractivity contribution in [3.8, 4) is 29.4 Å². The van der Waals surface area contributed by atoms with E-state index in [1.807, 2.05) is 12.1 Å². The maximum Gasteiger partial charge on any atom is 0.338 e. The lowest BCUT2D eigenvalue weighted by molar-refractivity contribution is 0.0526. The Hall–Kier alpha value is -3.51. The largest absolute Gasteiger partial charge is 0.493 e. The summed E-state index contributed by atoms with van der Waals surface area (Å²) in [4.78, 5) is 11.8. The molecular formula is C18H14N2O4. The molecule has 0 radical (unpaired) electrons. The molecule has 0 N–H and O–H groups in total. The number of hydrogen-bond acceptors (Lipinski definition) is 6. The van der Waals surface area contributed by atoms with E-state index >= 15 is 0 Å². The van der Waals surface area contributed by atoms with Gasteiger partial charge in [-0.2, -0.15) is 10.5 Å². The first-order chi connectivity index (χ1) is 11.6. The summed E-state index contributed by atoms with van der Waals surface area (Å²) >= 11 is 0. The van der Waals surface area contributed by atoms with Crippen molar-refractivity contribution in [3.05, 3.63) is 53.1 Å². The van der Waals surface area contributed by atoms with Crippen LogP contribution in [0.3, 0.4) is 0 Å². The number of nitrogens with zero attached hydrogens (tertiary/aromatic N) is 2. The van der Waals surface area contributed by atoms with Gasteiger partial charge in [-0.05, 0) is 37.3 Å². The number of esters is 1. The van der Waals surface area contributed by atoms with Crippen LogP contribution in [-0.4, -0.2) is 19.7 Å². The molecule has 2 rings (SSSR count). The van der Waals surface area contributed by atoms with E-state index in [0.29, 0.717) is 17.1 Å². The van der Waals surface area contributed by atoms with E-state index in [2.05, 4.69) is 0 Å². The van der Waals surface area contributed by atoms with Gasteiger partial charge in [-0.1, -0.05) is 6.07 Å². The number of hydrogen-bond donors (Lipinski definition) is 0. The molecule has 6 heteroatoms. The lowest BCUT2D eigenvalue weighted by Crippen LogP contribution is -2.05. The van der Waals surface area contributed by atoms with E-state index in [1.54, 1.807) is 25.1 Å². The van der Waals surface area contributed by atoms with Gasteiger partial charge in [0.05, 0.1) is 24.8 Å². The van der Waals surface area contributed by atoms with E-state index in [0.717, 1.165) is 0 Å². The van der Waals surface area contributed by atoms with E-state index in [9.17, 15) is 10.1 Å². The average molecular weight is 322 g/mol. The first kappa shape index (κ1) is 16.9. The van der Waals surface area contributed by atoms with Gasteiger partial charge >= 0.3 is 5.97 Å². The van der Waals surface area contributed by atoms with Gasteiger partial charge in [0.2, 0.25) is 0 Å². The topological polar surface area (TPSA) is 92.3 Å². The average Bonchev–Trinajstić information content (AvgIpc) is 2.61. The normalized spacial score (nSPS) is 9.50. The Morgan fingerprint density at radius 1 is 1.08 bits per heavy atom. The minimum Gasteiger partial charge on any atom is -0.493 e. The van der Waals surface area contributed by atoms with Gasteiger partial charge in [0.1, 0.15) is 23.5 Å². The second-order valence-electron chi connectivity index (χ2n) is 4.59. The number of carbonyl (C=O) groups excluding carboxylic acids is 1. The maximum atomic E-state index is 11.8. The maximum absolute atomic E-state index is 11.8. The molecule has 0 unspecified atom stereocenters. The molecule has 0 aliphatic carbocycles. The van der Waals surface area contributed by atoms with Gasteiger partial charge in [-0.15, -0.1) is 0 Å². The van der Waals surface area contributed by atoms with Crippen LogP contribution < -0.4 is 9.47 Å². The highest BCUT2D eigenvalue weighted by Crippen LogP contribution is 2.34. The van der Waals surface area contributed by atoms with Crippen LogP contribution >= 0.6 is 0 Å². The molecule has 0 heterocycles. The number of carbonyl (C=O) groups is 1. The highest BCUT2D eigenvalue weighted by atomic mass is 16.5. The van der Waals surface area contributed by atoms with Crippen molar-refractivity contribution >= 4 is 5.97 Å². The summed E-state index contributed by atoms with van der Waals surface area (Å²) < 4.78 is 15.9. The molecule has 0 atom stereocenters. The molecule has 0 amide bonds. The molecule has 6 nitrogen and oxygen atoms in total. The molecular weight excluding hydrogens is 308 g/mol. The minimum atomic E-state index is -0.466. The standard InChI is InChI=1S/C18H14N2O4/c1-3-23-18(21)12-7-8-16(17(9-12)22-2)24-15-6-4-5-13(10-19)14(15)11-20/h4-9H,3H2,1-2H3. The second kappa shape index (κ2) is 7.66. The molecule has 2 aromatic rings. The molecule has 0 bridgehead atoms. The van der Waals surface area contributed by atoms with Crippen molar-refractivity contribution in [1.82, 2.24) is 0 Å². The summed E-state index contributed by atoms with van der Waals surface area (Å²) in [5.74, 6) is 0.397. The molecule has 0 aliphatic heterocycles. The van der Waals surface area contributed by atoms with Crippen molar-refractivity contribution < 1.29 is 19.0 Å². The zero-order valence-electron chi connectivity index (χ0n) is 13.2. The predicted molar refractivity (Wildman–Crippen MR) is 84.9 cm³/mol. The van der Waals surface area contributed by atoms with Crippen molar-refractivity contribution in [3.63, 3.8) is 0 Å². The van der Waals surface area contributed by atoms with Gasteiger partial charge < -0.3 is 14.2 Å². The fourth-order valence-electron chi connectivity index (χ4n) is 2.04. The predicted octanol–water partition coefficient (Wildman–Crippen LogP) is 3.41. The minimum absolute atomic E-state index is 0.136. The molecule has 120 valence electrons. The van der Waals surface area contributed by atoms with Crippen LogP contribution in [0.2, 0.25) is 0 Å². The lowest BCUT2D eigenvalue weighted by atomic mass is 10.1. The Kier molecular flexibility index (Phi) is 5.38. The van der Waals surface area contributed by atoms with Crippen LogP contribution in [0.25, 0.3) is 0 Å². The third-order valence-corrected chi connectivity index (χ3v) is 3.15. The molecule has 24 heavy (non-hydrogen) atoms. The fraction of sp³-hybridized carbons (Fsp3) is 0.167. The molecule has 0 fully saturated rings. The number of nitriles is 2. The molecule has 0 saturated heterocycles. The Morgan fingerprint density at radius 3 is 2.50 bits per heavy atom. The first-order valence-electron chi connectivity index (χ1n) is 7.10. The quantitative estimate of drug-likeness (QED) is 0.783. The van der Waals surface area contributed by atoms with Crippen LogP contribution in [-0.2, 0) is 4.74 Å². The molecule has 0 spiro atoms. The van der Waals surface area contributed by atoms with Gasteiger partial charge in [-0.3, -0.25) is 0 Å². The van der Waals surface area contributed by atoms with E-state index in [-0.39, 0.29) is 23.5 Å². The summed E-state index contributed by atoms with van der Waals surface area (Å²) in [6.07, 6.45) is 0. The van der Waals surface area contributed by atoms with Crippen LogP contribution in [0.15, 0.2) is 36.4 Å². The van der Waals surface area contributed by atoms with E-state index in [4.69, 9.17) is 19.5 Å². The Morgan fingerprint density at radius 2 is 1.88 bits per heavy atom. The molecule has 0 aromatic heterocycles. The van der Waals surface area contributed by atoms with Gasteiger partial charge in [0, 0.05) is 0 Å². The summed E-state index contributed by atoms with van der Waals surface area (Å²) in [5, 5.41) is 18.3. The number of ether oxygens (including phenoxy) is 3. The summed E-state index contributed by atoms with van der Waals surface area (Å²) in [7, 11) is 1.44. The van der Waals surface area contributed by atoms with E-state index < -0.39 is 5.97 Å². The Balaban J connectivity index is 2.40. The van der Waals surface area contributed by atoms with Crippen molar-refractivity contribution in [2.75, 3.05) is 13.7 Å². The van der Waals surface area contributed by atoms with Crippen molar-refractivity contribution in [1.29, 1.82) is 10.5 Å². The fourth-order valence-corrected chi connectivity index (χ4v) is 2.04. The third kappa shape index (κ3) is 3.45. The molecule has 0 saturated carbocycles. The number of rotatable bonds is 5. The molecule has 2 aromatic carbocycles. The second-order valence-corrected chi connectivity index (χ2v) is 4.59. The summed E-state index contributed by atoms with van der Waals surface area (Å²) in [6.45, 7) is 1.99. The SMILES string of the molecule is CCOC(=O)c1ccc(Oc2cccc(C#N)c2C#N)c(OC)c1. The Bertz CT molecular complexity index is 847. The monoisotopic (exact) mass is 322 g/mol. The smallest absolute Gasteiger partial charge is 0.338 e. The van der Waals surface area contributed by atoms with Crippen LogP contribution in [0.4, 0.5) is 0 Å². The first-order valence-corrected chi connectivity index (χ1v) is 7.10. The summed E-state index contributed by atoms with van der Waals surface area (Å²) in [5.41, 5.74) is 0.681. The summed E-state index contributed by atoms with van der Waals surface area (Å²) in [6, 6.07) is 13.2. The van der Waals surface area contributed by atoms with Crippen molar-refractivity contribution in [2.45, 2.75) is 6.92 Å². The number of benzene rings is 2. The van der Waals surface area contributed by atoms with Gasteiger partial charge in [0.15, 0.2) is 11.5 Å². The highest BCUT2D eigenvalue weighted by molar-refractivity contribution is 5.90. The van der Waals surface area contributed by atoms with Crippen LogP contribution in [0.5, 0.6) is 17.2 Å². The Labute approximate surface area is 139 Å². The number of methoxy groups -OCH3 is 1. The zero-order valence-corrected chi connectivity index (χ0v) is 13.2. The lowest BCUT2D eigenvalue weighted by Gasteiger charge is -2.13. The van der Waals surface area contributed by atoms with Gasteiger partial charge in [0.25, 0.3) is 0 Å². The van der Waals surface area contributed by atoms with Crippen LogP contribution in [0, 0.1) is 22.7 Å². The van der Waals surface area contributed by atoms with Gasteiger partial charge in [-0.25, -0.2) is 4.79 Å². The highest BCUT2D eigenvalue weighted by Gasteiger charge is 2.15. The molecule has 0 aliphatic rings. The van der Waals surface area contributed by atoms with Crippen molar-refractivity contribution in [2.24, 2.45) is 0 Å².